The zero-order valence-corrected chi connectivity index (χ0v) is 15.3. The molecule has 6 heteroatoms. The van der Waals surface area contributed by atoms with Crippen LogP contribution in [0.15, 0.2) is 36.4 Å². The lowest BCUT2D eigenvalue weighted by Crippen LogP contribution is -2.10. The van der Waals surface area contributed by atoms with E-state index in [1.54, 1.807) is 44.6 Å². The number of hydrogen-bond donors (Lipinski definition) is 0. The van der Waals surface area contributed by atoms with Crippen LogP contribution in [0.2, 0.25) is 10.0 Å². The van der Waals surface area contributed by atoms with Crippen molar-refractivity contribution in [3.8, 4) is 23.6 Å². The van der Waals surface area contributed by atoms with Crippen LogP contribution in [0, 0.1) is 22.7 Å². The van der Waals surface area contributed by atoms with Crippen LogP contribution in [0.1, 0.15) is 29.4 Å². The van der Waals surface area contributed by atoms with Gasteiger partial charge in [0.05, 0.1) is 42.3 Å². The predicted molar refractivity (Wildman–Crippen MR) is 97.3 cm³/mol. The molecule has 0 aliphatic carbocycles. The molecule has 128 valence electrons. The van der Waals surface area contributed by atoms with E-state index in [9.17, 15) is 10.5 Å². The standard InChI is InChI=1S/C19H16Cl2N2O2/c1-24-18-6-4-13(10-19(18)25-2)14(7-8-22)15(11-23)12-3-5-16(20)17(21)9-12/h3-6,9-10,14-15H,7H2,1-2H3. The molecule has 2 rings (SSSR count). The van der Waals surface area contributed by atoms with Gasteiger partial charge in [-0.25, -0.2) is 0 Å². The minimum atomic E-state index is -0.549. The first kappa shape index (κ1) is 18.9. The van der Waals surface area contributed by atoms with Crippen molar-refractivity contribution in [2.24, 2.45) is 0 Å². The number of halogens is 2. The van der Waals surface area contributed by atoms with E-state index in [1.807, 2.05) is 6.07 Å². The molecule has 0 N–H and O–H groups in total. The molecule has 0 amide bonds. The molecule has 0 bridgehead atoms. The summed E-state index contributed by atoms with van der Waals surface area (Å²) in [6.45, 7) is 0. The summed E-state index contributed by atoms with van der Waals surface area (Å²) in [6, 6.07) is 14.9. The van der Waals surface area contributed by atoms with Crippen LogP contribution in [0.5, 0.6) is 11.5 Å². The maximum atomic E-state index is 9.73. The quantitative estimate of drug-likeness (QED) is 0.686. The van der Waals surface area contributed by atoms with Gasteiger partial charge in [-0.15, -0.1) is 0 Å². The topological polar surface area (TPSA) is 66.0 Å². The fourth-order valence-corrected chi connectivity index (χ4v) is 3.02. The summed E-state index contributed by atoms with van der Waals surface area (Å²) in [5, 5.41) is 19.8. The van der Waals surface area contributed by atoms with Gasteiger partial charge in [-0.2, -0.15) is 10.5 Å². The van der Waals surface area contributed by atoms with E-state index in [0.717, 1.165) is 5.56 Å². The Hall–Kier alpha value is -2.40. The number of hydrogen-bond acceptors (Lipinski definition) is 4. The minimum absolute atomic E-state index is 0.175. The number of ether oxygens (including phenoxy) is 2. The Balaban J connectivity index is 2.50. The third kappa shape index (κ3) is 4.17. The zero-order chi connectivity index (χ0) is 18.4. The van der Waals surface area contributed by atoms with Crippen molar-refractivity contribution < 1.29 is 9.47 Å². The van der Waals surface area contributed by atoms with E-state index in [1.165, 1.54) is 0 Å². The lowest BCUT2D eigenvalue weighted by molar-refractivity contribution is 0.354. The molecule has 0 heterocycles. The van der Waals surface area contributed by atoms with Crippen LogP contribution in [-0.2, 0) is 0 Å². The van der Waals surface area contributed by atoms with Crippen LogP contribution in [0.25, 0.3) is 0 Å². The van der Waals surface area contributed by atoms with Crippen LogP contribution in [-0.4, -0.2) is 14.2 Å². The van der Waals surface area contributed by atoms with Crippen molar-refractivity contribution in [3.63, 3.8) is 0 Å². The summed E-state index contributed by atoms with van der Waals surface area (Å²) < 4.78 is 10.6. The van der Waals surface area contributed by atoms with E-state index >= 15 is 0 Å². The summed E-state index contributed by atoms with van der Waals surface area (Å²) in [6.07, 6.45) is 0.175. The summed E-state index contributed by atoms with van der Waals surface area (Å²) in [7, 11) is 3.10. The number of methoxy groups -OCH3 is 2. The third-order valence-corrected chi connectivity index (χ3v) is 4.73. The first-order valence-electron chi connectivity index (χ1n) is 7.49. The summed E-state index contributed by atoms with van der Waals surface area (Å²) in [5.74, 6) is 0.248. The molecule has 0 spiro atoms. The Labute approximate surface area is 157 Å². The maximum Gasteiger partial charge on any atom is 0.160 e. The average Bonchev–Trinajstić information content (AvgIpc) is 2.63. The van der Waals surface area contributed by atoms with E-state index in [0.29, 0.717) is 27.1 Å². The lowest BCUT2D eigenvalue weighted by Gasteiger charge is -2.22. The van der Waals surface area contributed by atoms with E-state index in [2.05, 4.69) is 12.1 Å². The maximum absolute atomic E-state index is 9.73. The van der Waals surface area contributed by atoms with Gasteiger partial charge in [-0.3, -0.25) is 0 Å². The van der Waals surface area contributed by atoms with Gasteiger partial charge >= 0.3 is 0 Å². The monoisotopic (exact) mass is 374 g/mol. The molecule has 2 aromatic carbocycles. The first-order chi connectivity index (χ1) is 12.0. The number of nitriles is 2. The normalized spacial score (nSPS) is 12.6. The van der Waals surface area contributed by atoms with E-state index in [4.69, 9.17) is 32.7 Å². The third-order valence-electron chi connectivity index (χ3n) is 3.99. The lowest BCUT2D eigenvalue weighted by atomic mass is 9.80. The fraction of sp³-hybridized carbons (Fsp3) is 0.263. The molecule has 0 aromatic heterocycles. The molecule has 4 nitrogen and oxygen atoms in total. The average molecular weight is 375 g/mol. The van der Waals surface area contributed by atoms with Crippen LogP contribution >= 0.6 is 23.2 Å². The van der Waals surface area contributed by atoms with Crippen molar-refractivity contribution >= 4 is 23.2 Å². The van der Waals surface area contributed by atoms with E-state index in [-0.39, 0.29) is 12.3 Å². The highest BCUT2D eigenvalue weighted by Crippen LogP contribution is 2.40. The fourth-order valence-electron chi connectivity index (χ4n) is 2.71. The molecule has 0 saturated heterocycles. The Bertz CT molecular complexity index is 840. The van der Waals surface area contributed by atoms with Gasteiger partial charge in [0.1, 0.15) is 0 Å². The number of rotatable bonds is 6. The smallest absolute Gasteiger partial charge is 0.160 e. The highest BCUT2D eigenvalue weighted by atomic mass is 35.5. The van der Waals surface area contributed by atoms with Gasteiger partial charge in [-0.1, -0.05) is 35.3 Å². The van der Waals surface area contributed by atoms with Crippen LogP contribution < -0.4 is 9.47 Å². The van der Waals surface area contributed by atoms with Crippen molar-refractivity contribution in [2.45, 2.75) is 18.3 Å². The number of nitrogens with zero attached hydrogens (tertiary/aromatic N) is 2. The molecule has 0 aliphatic rings. The van der Waals surface area contributed by atoms with E-state index < -0.39 is 5.92 Å². The Kier molecular flexibility index (Phi) is 6.53. The van der Waals surface area contributed by atoms with Crippen molar-refractivity contribution in [3.05, 3.63) is 57.6 Å². The second-order valence-electron chi connectivity index (χ2n) is 5.36. The molecule has 2 atom stereocenters. The molecule has 0 fully saturated rings. The molecule has 25 heavy (non-hydrogen) atoms. The summed E-state index contributed by atoms with van der Waals surface area (Å²) in [5.41, 5.74) is 1.53. The van der Waals surface area contributed by atoms with Crippen molar-refractivity contribution in [2.75, 3.05) is 14.2 Å². The molecular weight excluding hydrogens is 359 g/mol. The Morgan fingerprint density at radius 1 is 0.920 bits per heavy atom. The summed E-state index contributed by atoms with van der Waals surface area (Å²) >= 11 is 12.0. The van der Waals surface area contributed by atoms with Gasteiger partial charge in [-0.05, 0) is 35.4 Å². The van der Waals surface area contributed by atoms with Crippen LogP contribution in [0.3, 0.4) is 0 Å². The summed E-state index contributed by atoms with van der Waals surface area (Å²) in [4.78, 5) is 0. The number of benzene rings is 2. The second-order valence-corrected chi connectivity index (χ2v) is 6.18. The van der Waals surface area contributed by atoms with Crippen molar-refractivity contribution in [1.82, 2.24) is 0 Å². The SMILES string of the molecule is COc1ccc(C(CC#N)C(C#N)c2ccc(Cl)c(Cl)c2)cc1OC. The van der Waals surface area contributed by atoms with Gasteiger partial charge in [0.15, 0.2) is 11.5 Å². The van der Waals surface area contributed by atoms with Gasteiger partial charge in [0, 0.05) is 12.3 Å². The van der Waals surface area contributed by atoms with Gasteiger partial charge < -0.3 is 9.47 Å². The van der Waals surface area contributed by atoms with Crippen LogP contribution in [0.4, 0.5) is 0 Å². The Morgan fingerprint density at radius 2 is 1.60 bits per heavy atom. The molecule has 2 unspecified atom stereocenters. The molecule has 2 aromatic rings. The largest absolute Gasteiger partial charge is 0.493 e. The zero-order valence-electron chi connectivity index (χ0n) is 13.8. The molecule has 0 radical (unpaired) electrons. The minimum Gasteiger partial charge on any atom is -0.493 e. The van der Waals surface area contributed by atoms with Gasteiger partial charge in [0.2, 0.25) is 0 Å². The van der Waals surface area contributed by atoms with Crippen molar-refractivity contribution in [1.29, 1.82) is 10.5 Å². The van der Waals surface area contributed by atoms with Gasteiger partial charge in [0.25, 0.3) is 0 Å². The molecular formula is C19H16Cl2N2O2. The second kappa shape index (κ2) is 8.62. The molecule has 0 saturated carbocycles. The molecule has 0 aliphatic heterocycles. The highest BCUT2D eigenvalue weighted by Gasteiger charge is 2.26. The highest BCUT2D eigenvalue weighted by molar-refractivity contribution is 6.42. The Morgan fingerprint density at radius 3 is 2.16 bits per heavy atom. The predicted octanol–water partition coefficient (Wildman–Crippen LogP) is 5.32. The first-order valence-corrected chi connectivity index (χ1v) is 8.24.